The van der Waals surface area contributed by atoms with Gasteiger partial charge in [-0.3, -0.25) is 4.79 Å². The molecular weight excluding hydrogens is 180 g/mol. The van der Waals surface area contributed by atoms with Crippen molar-refractivity contribution in [2.45, 2.75) is 13.8 Å². The lowest BCUT2D eigenvalue weighted by molar-refractivity contribution is -0.628. The number of H-pyrrole nitrogens is 1. The summed E-state index contributed by atoms with van der Waals surface area (Å²) < 4.78 is 0. The Kier molecular flexibility index (Phi) is 2.09. The third-order valence-electron chi connectivity index (χ3n) is 2.24. The van der Waals surface area contributed by atoms with E-state index in [9.17, 15) is 4.79 Å². The molecule has 0 atom stereocenters. The largest absolute Gasteiger partial charge is 0.277 e. The molecule has 0 spiro atoms. The molecule has 1 aromatic heterocycles. The molecule has 0 unspecified atom stereocenters. The molecule has 0 saturated heterocycles. The van der Waals surface area contributed by atoms with Gasteiger partial charge in [-0.2, -0.15) is 5.10 Å². The van der Waals surface area contributed by atoms with Crippen LogP contribution in [0.3, 0.4) is 0 Å². The van der Waals surface area contributed by atoms with Crippen LogP contribution in [0.4, 0.5) is 5.69 Å². The van der Waals surface area contributed by atoms with Crippen LogP contribution in [0.5, 0.6) is 0 Å². The van der Waals surface area contributed by atoms with Crippen LogP contribution in [0.2, 0.25) is 0 Å². The van der Waals surface area contributed by atoms with Crippen molar-refractivity contribution in [3.05, 3.63) is 27.8 Å². The Balaban J connectivity index is 2.53. The summed E-state index contributed by atoms with van der Waals surface area (Å²) >= 11 is 0. The zero-order chi connectivity index (χ0) is 10.1. The van der Waals surface area contributed by atoms with Crippen LogP contribution in [0.25, 0.3) is 6.08 Å². The summed E-state index contributed by atoms with van der Waals surface area (Å²) in [4.78, 5) is 11.4. The zero-order valence-corrected chi connectivity index (χ0v) is 8.16. The second-order valence-electron chi connectivity index (χ2n) is 3.61. The maximum atomic E-state index is 11.4. The zero-order valence-electron chi connectivity index (χ0n) is 8.16. The third-order valence-corrected chi connectivity index (χ3v) is 2.24. The highest BCUT2D eigenvalue weighted by Gasteiger charge is 2.17. The number of nitrogens with two attached hydrogens (primary N) is 1. The second-order valence-corrected chi connectivity index (χ2v) is 3.61. The molecule has 0 fully saturated rings. The van der Waals surface area contributed by atoms with Crippen LogP contribution in [0.1, 0.15) is 19.4 Å². The molecule has 1 aromatic rings. The molecule has 2 heterocycles. The number of aromatic amines is 1. The molecule has 0 radical (unpaired) electrons. The van der Waals surface area contributed by atoms with Gasteiger partial charge in [-0.1, -0.05) is 13.8 Å². The van der Waals surface area contributed by atoms with Gasteiger partial charge in [0.05, 0.1) is 5.70 Å². The van der Waals surface area contributed by atoms with Crippen LogP contribution in [-0.4, -0.2) is 10.2 Å². The van der Waals surface area contributed by atoms with E-state index >= 15 is 0 Å². The Morgan fingerprint density at radius 2 is 2.29 bits per heavy atom. The molecule has 2 rings (SSSR count). The molecule has 0 aliphatic carbocycles. The molecule has 0 saturated carbocycles. The van der Waals surface area contributed by atoms with Crippen molar-refractivity contribution in [2.75, 3.05) is 0 Å². The fraction of sp³-hybridized carbons (Fsp3) is 0.333. The van der Waals surface area contributed by atoms with Crippen LogP contribution in [-0.2, 0) is 0 Å². The van der Waals surface area contributed by atoms with Crippen LogP contribution in [0.15, 0.2) is 16.7 Å². The van der Waals surface area contributed by atoms with Crippen molar-refractivity contribution in [2.24, 2.45) is 5.92 Å². The van der Waals surface area contributed by atoms with Crippen molar-refractivity contribution in [1.82, 2.24) is 15.6 Å². The molecule has 0 bridgehead atoms. The Bertz CT molecular complexity index is 433. The summed E-state index contributed by atoms with van der Waals surface area (Å²) in [5.74, 6) is 0.381. The van der Waals surface area contributed by atoms with Crippen LogP contribution in [0, 0.1) is 5.92 Å². The molecule has 5 heteroatoms. The van der Waals surface area contributed by atoms with E-state index in [0.29, 0.717) is 11.5 Å². The first kappa shape index (κ1) is 8.96. The van der Waals surface area contributed by atoms with Gasteiger partial charge in [0.25, 0.3) is 5.56 Å². The molecular formula is C9H13N4O+. The Hall–Kier alpha value is -1.62. The number of quaternary nitrogens is 1. The number of hydrogen-bond acceptors (Lipinski definition) is 3. The monoisotopic (exact) mass is 193 g/mol. The highest BCUT2D eigenvalue weighted by Crippen LogP contribution is 2.14. The van der Waals surface area contributed by atoms with E-state index in [0.717, 1.165) is 11.4 Å². The molecule has 74 valence electrons. The fourth-order valence-corrected chi connectivity index (χ4v) is 1.38. The minimum absolute atomic E-state index is 0.140. The van der Waals surface area contributed by atoms with Crippen LogP contribution < -0.4 is 16.4 Å². The number of aromatic nitrogens is 2. The lowest BCUT2D eigenvalue weighted by Crippen LogP contribution is -2.89. The molecule has 4 N–H and O–H groups in total. The molecule has 1 aliphatic heterocycles. The van der Waals surface area contributed by atoms with Crippen molar-refractivity contribution in [3.63, 3.8) is 0 Å². The SMILES string of the molecule is CC(C)C1=Cc2c(cn[nH]c2=O)[NH2+]N1. The molecule has 0 amide bonds. The van der Waals surface area contributed by atoms with Gasteiger partial charge in [0.15, 0.2) is 5.69 Å². The summed E-state index contributed by atoms with van der Waals surface area (Å²) in [7, 11) is 0. The average Bonchev–Trinajstić information content (AvgIpc) is 2.18. The van der Waals surface area contributed by atoms with E-state index in [1.54, 1.807) is 6.20 Å². The van der Waals surface area contributed by atoms with Gasteiger partial charge in [0.2, 0.25) is 0 Å². The topological polar surface area (TPSA) is 74.4 Å². The van der Waals surface area contributed by atoms with Crippen molar-refractivity contribution in [1.29, 1.82) is 0 Å². The summed E-state index contributed by atoms with van der Waals surface area (Å²) in [6.45, 7) is 4.15. The van der Waals surface area contributed by atoms with Gasteiger partial charge in [-0.15, -0.1) is 0 Å². The van der Waals surface area contributed by atoms with Gasteiger partial charge >= 0.3 is 0 Å². The second kappa shape index (κ2) is 3.26. The van der Waals surface area contributed by atoms with E-state index < -0.39 is 0 Å². The molecule has 5 nitrogen and oxygen atoms in total. The number of hydrogen-bond donors (Lipinski definition) is 3. The minimum atomic E-state index is -0.140. The summed E-state index contributed by atoms with van der Waals surface area (Å²) in [6.07, 6.45) is 3.51. The third kappa shape index (κ3) is 1.42. The number of allylic oxidation sites excluding steroid dienone is 1. The number of nitrogens with one attached hydrogen (secondary N) is 2. The summed E-state index contributed by atoms with van der Waals surface area (Å²) in [5.41, 5.74) is 7.38. The van der Waals surface area contributed by atoms with Crippen LogP contribution >= 0.6 is 0 Å². The lowest BCUT2D eigenvalue weighted by Gasteiger charge is -2.16. The van der Waals surface area contributed by atoms with Crippen molar-refractivity contribution < 1.29 is 5.43 Å². The highest BCUT2D eigenvalue weighted by atomic mass is 16.1. The Morgan fingerprint density at radius 1 is 1.50 bits per heavy atom. The maximum absolute atomic E-state index is 11.4. The predicted molar refractivity (Wildman–Crippen MR) is 52.4 cm³/mol. The standard InChI is InChI=1S/C9H12N4O/c1-5(2)7-3-6-8(12-11-7)4-10-13-9(6)14/h3-5,11-12H,1-2H3,(H,13,14)/p+1. The first-order chi connectivity index (χ1) is 6.68. The number of fused-ring (bicyclic) bond motifs is 1. The van der Waals surface area contributed by atoms with Gasteiger partial charge < -0.3 is 0 Å². The average molecular weight is 193 g/mol. The van der Waals surface area contributed by atoms with Gasteiger partial charge in [-0.05, 0) is 12.0 Å². The van der Waals surface area contributed by atoms with E-state index in [-0.39, 0.29) is 5.56 Å². The van der Waals surface area contributed by atoms with Crippen molar-refractivity contribution >= 4 is 11.8 Å². The highest BCUT2D eigenvalue weighted by molar-refractivity contribution is 5.61. The maximum Gasteiger partial charge on any atom is 0.277 e. The Labute approximate surface area is 81.2 Å². The first-order valence-corrected chi connectivity index (χ1v) is 4.57. The number of rotatable bonds is 1. The fourth-order valence-electron chi connectivity index (χ4n) is 1.38. The lowest BCUT2D eigenvalue weighted by atomic mass is 10.1. The summed E-state index contributed by atoms with van der Waals surface area (Å²) in [6, 6.07) is 0. The van der Waals surface area contributed by atoms with E-state index in [1.807, 2.05) is 11.5 Å². The predicted octanol–water partition coefficient (Wildman–Crippen LogP) is -0.520. The Morgan fingerprint density at radius 3 is 3.00 bits per heavy atom. The minimum Gasteiger partial charge on any atom is -0.267 e. The molecule has 14 heavy (non-hydrogen) atoms. The van der Waals surface area contributed by atoms with E-state index in [4.69, 9.17) is 0 Å². The van der Waals surface area contributed by atoms with E-state index in [2.05, 4.69) is 29.5 Å². The normalized spacial score (nSPS) is 14.6. The van der Waals surface area contributed by atoms with E-state index in [1.165, 1.54) is 0 Å². The number of nitrogens with zero attached hydrogens (tertiary/aromatic N) is 1. The molecule has 1 aliphatic rings. The first-order valence-electron chi connectivity index (χ1n) is 4.57. The van der Waals surface area contributed by atoms with Gasteiger partial charge in [0, 0.05) is 0 Å². The summed E-state index contributed by atoms with van der Waals surface area (Å²) in [5, 5.41) is 6.15. The quantitative estimate of drug-likeness (QED) is 0.525. The van der Waals surface area contributed by atoms with Gasteiger partial charge in [0.1, 0.15) is 11.8 Å². The van der Waals surface area contributed by atoms with Crippen molar-refractivity contribution in [3.8, 4) is 0 Å². The van der Waals surface area contributed by atoms with Gasteiger partial charge in [-0.25, -0.2) is 16.0 Å². The smallest absolute Gasteiger partial charge is 0.267 e. The molecule has 0 aromatic carbocycles.